The molecule has 0 saturated carbocycles. The third-order valence-corrected chi connectivity index (χ3v) is 11.7. The normalized spacial score (nSPS) is 15.7. The van der Waals surface area contributed by atoms with E-state index in [2.05, 4.69) is 160 Å². The number of anilines is 5. The van der Waals surface area contributed by atoms with E-state index in [4.69, 9.17) is 9.47 Å². The summed E-state index contributed by atoms with van der Waals surface area (Å²) < 4.78 is 13.3. The fourth-order valence-corrected chi connectivity index (χ4v) is 8.81. The molecule has 0 radical (unpaired) electrons. The number of rotatable bonds is 7. The molecule has 10 rings (SSSR count). The maximum atomic E-state index is 9.77. The standard InChI is InChI=1S/C56H40N4O2.C5H12.C2H4/c1-3-11-50(53-34-42-13-7-4-8-16-52(42)62-53)59(43-25-17-38(35-57)18-26-43)48-31-23-40-22-30-47-49(32-24-41-21-29-46(48)54(40)55(41)47)60(44-27-19-39(36-58)20-28-44)51-15-10-14-45-37(2)12-6-5-9-33-61-56(45)51;1-5(2,3)4;1-2/h3,5-32H,2,4,33-34H2,1H3;1-4H3;1-2H2/b9-5-,11-3-,12-6-,53-50-;;. The highest BCUT2D eigenvalue weighted by Crippen LogP contribution is 2.50. The maximum Gasteiger partial charge on any atom is 0.151 e. The summed E-state index contributed by atoms with van der Waals surface area (Å²) in [6.45, 7) is 21.6. The number of hydrogen-bond acceptors (Lipinski definition) is 6. The third-order valence-electron chi connectivity index (χ3n) is 11.7. The minimum Gasteiger partial charge on any atom is -0.487 e. The summed E-state index contributed by atoms with van der Waals surface area (Å²) >= 11 is 0. The zero-order valence-corrected chi connectivity index (χ0v) is 40.1. The van der Waals surface area contributed by atoms with Crippen molar-refractivity contribution in [3.8, 4) is 17.9 Å². The largest absolute Gasteiger partial charge is 0.487 e. The zero-order chi connectivity index (χ0) is 48.7. The van der Waals surface area contributed by atoms with E-state index in [0.717, 1.165) is 107 Å². The minimum absolute atomic E-state index is 0.391. The van der Waals surface area contributed by atoms with Gasteiger partial charge in [-0.25, -0.2) is 0 Å². The number of allylic oxidation sites excluding steroid dienone is 11. The van der Waals surface area contributed by atoms with Crippen molar-refractivity contribution in [2.75, 3.05) is 16.4 Å². The molecule has 0 fully saturated rings. The van der Waals surface area contributed by atoms with Gasteiger partial charge in [0.1, 0.15) is 18.1 Å². The number of nitrogens with zero attached hydrogens (tertiary/aromatic N) is 4. The van der Waals surface area contributed by atoms with Gasteiger partial charge in [-0.1, -0.05) is 125 Å². The molecular formula is C63H56N4O2. The molecule has 0 unspecified atom stereocenters. The molecule has 6 heteroatoms. The Balaban J connectivity index is 0.000000863. The summed E-state index contributed by atoms with van der Waals surface area (Å²) in [5, 5.41) is 26.2. The number of benzene rings is 7. The van der Waals surface area contributed by atoms with E-state index < -0.39 is 0 Å². The average Bonchev–Trinajstić information content (AvgIpc) is 3.68. The number of fused-ring (bicyclic) bond motifs is 1. The van der Waals surface area contributed by atoms with Gasteiger partial charge in [-0.15, -0.1) is 13.2 Å². The Morgan fingerprint density at radius 1 is 0.667 bits per heavy atom. The van der Waals surface area contributed by atoms with Crippen molar-refractivity contribution in [1.82, 2.24) is 0 Å². The van der Waals surface area contributed by atoms with E-state index in [9.17, 15) is 10.5 Å². The van der Waals surface area contributed by atoms with Crippen molar-refractivity contribution in [1.29, 1.82) is 10.5 Å². The van der Waals surface area contributed by atoms with Gasteiger partial charge in [-0.05, 0) is 131 Å². The Labute approximate surface area is 407 Å². The van der Waals surface area contributed by atoms with Crippen molar-refractivity contribution in [3.05, 3.63) is 235 Å². The van der Waals surface area contributed by atoms with Crippen LogP contribution in [0.15, 0.2) is 219 Å². The van der Waals surface area contributed by atoms with E-state index in [0.29, 0.717) is 29.6 Å². The highest BCUT2D eigenvalue weighted by Gasteiger charge is 2.28. The molecule has 7 aromatic rings. The van der Waals surface area contributed by atoms with Gasteiger partial charge < -0.3 is 19.3 Å². The Morgan fingerprint density at radius 3 is 1.90 bits per heavy atom. The first kappa shape index (κ1) is 46.9. The Hall–Kier alpha value is -8.58. The molecule has 0 bridgehead atoms. The second-order valence-corrected chi connectivity index (χ2v) is 18.4. The molecule has 2 heterocycles. The quantitative estimate of drug-likeness (QED) is 0.117. The molecular weight excluding hydrogens is 845 g/mol. The van der Waals surface area contributed by atoms with Gasteiger partial charge in [0.25, 0.3) is 0 Å². The highest BCUT2D eigenvalue weighted by atomic mass is 16.5. The molecule has 1 aliphatic carbocycles. The van der Waals surface area contributed by atoms with Crippen LogP contribution >= 0.6 is 0 Å². The van der Waals surface area contributed by atoms with Crippen LogP contribution in [0.3, 0.4) is 0 Å². The van der Waals surface area contributed by atoms with Crippen LogP contribution in [0.25, 0.3) is 37.9 Å². The lowest BCUT2D eigenvalue weighted by Gasteiger charge is -2.31. The minimum atomic E-state index is 0.391. The molecule has 0 aromatic heterocycles. The second-order valence-electron chi connectivity index (χ2n) is 18.4. The predicted molar refractivity (Wildman–Crippen MR) is 289 cm³/mol. The number of para-hydroxylation sites is 1. The molecule has 6 nitrogen and oxygen atoms in total. The van der Waals surface area contributed by atoms with Crippen molar-refractivity contribution in [2.45, 2.75) is 47.5 Å². The molecule has 2 aliphatic heterocycles. The van der Waals surface area contributed by atoms with Crippen molar-refractivity contribution >= 4 is 66.3 Å². The molecule has 0 saturated heterocycles. The van der Waals surface area contributed by atoms with Crippen LogP contribution in [0.1, 0.15) is 64.2 Å². The van der Waals surface area contributed by atoms with E-state index in [1.54, 1.807) is 0 Å². The lowest BCUT2D eigenvalue weighted by molar-refractivity contribution is 0.333. The van der Waals surface area contributed by atoms with E-state index in [-0.39, 0.29) is 0 Å². The van der Waals surface area contributed by atoms with Crippen LogP contribution in [0, 0.1) is 28.1 Å². The first-order valence-corrected chi connectivity index (χ1v) is 23.2. The lowest BCUT2D eigenvalue weighted by Crippen LogP contribution is -2.18. The lowest BCUT2D eigenvalue weighted by atomic mass is 9.91. The molecule has 340 valence electrons. The van der Waals surface area contributed by atoms with Crippen LogP contribution < -0.4 is 14.5 Å². The fourth-order valence-electron chi connectivity index (χ4n) is 8.81. The first-order valence-electron chi connectivity index (χ1n) is 23.2. The molecule has 0 spiro atoms. The van der Waals surface area contributed by atoms with Crippen LogP contribution in [-0.2, 0) is 4.74 Å². The summed E-state index contributed by atoms with van der Waals surface area (Å²) in [6, 6.07) is 43.8. The number of nitriles is 2. The third kappa shape index (κ3) is 9.80. The van der Waals surface area contributed by atoms with Crippen LogP contribution in [0.4, 0.5) is 28.4 Å². The van der Waals surface area contributed by atoms with Crippen molar-refractivity contribution < 1.29 is 9.47 Å². The summed E-state index contributed by atoms with van der Waals surface area (Å²) in [5.74, 6) is 2.44. The summed E-state index contributed by atoms with van der Waals surface area (Å²) in [5.41, 5.74) is 10.1. The van der Waals surface area contributed by atoms with E-state index >= 15 is 0 Å². The fraction of sp³-hybridized carbons (Fsp3) is 0.143. The average molecular weight is 901 g/mol. The molecule has 0 amide bonds. The van der Waals surface area contributed by atoms with Gasteiger partial charge in [-0.2, -0.15) is 10.5 Å². The Bertz CT molecular complexity index is 3340. The zero-order valence-electron chi connectivity index (χ0n) is 40.1. The van der Waals surface area contributed by atoms with Gasteiger partial charge >= 0.3 is 0 Å². The van der Waals surface area contributed by atoms with Crippen molar-refractivity contribution in [2.24, 2.45) is 5.41 Å². The smallest absolute Gasteiger partial charge is 0.151 e. The topological polar surface area (TPSA) is 72.5 Å². The highest BCUT2D eigenvalue weighted by molar-refractivity contribution is 6.28. The van der Waals surface area contributed by atoms with Crippen LogP contribution in [0.5, 0.6) is 5.75 Å². The van der Waals surface area contributed by atoms with Gasteiger partial charge in [-0.3, -0.25) is 0 Å². The SMILES string of the molecule is C=C.C=C1/C=C\C=C/COc2c1cccc2N(c1ccc(C#N)cc1)c1ccc2ccc3c(N(C(/C=C\C)=C4/CC5=C(C=CCC=C5)O4)c4ccc(C#N)cc4)ccc4ccc1c2c43.CC(C)(C)C. The number of hydrogen-bond donors (Lipinski definition) is 0. The molecule has 7 aromatic carbocycles. The Kier molecular flexibility index (Phi) is 14.0. The second kappa shape index (κ2) is 20.5. The van der Waals surface area contributed by atoms with E-state index in [1.807, 2.05) is 91.9 Å². The molecule has 0 N–H and O–H groups in total. The summed E-state index contributed by atoms with van der Waals surface area (Å²) in [6.07, 6.45) is 22.2. The van der Waals surface area contributed by atoms with Crippen LogP contribution in [0.2, 0.25) is 0 Å². The summed E-state index contributed by atoms with van der Waals surface area (Å²) in [4.78, 5) is 4.50. The van der Waals surface area contributed by atoms with Gasteiger partial charge in [0, 0.05) is 39.7 Å². The van der Waals surface area contributed by atoms with Gasteiger partial charge in [0.2, 0.25) is 0 Å². The van der Waals surface area contributed by atoms with Crippen molar-refractivity contribution in [3.63, 3.8) is 0 Å². The van der Waals surface area contributed by atoms with Gasteiger partial charge in [0.05, 0.1) is 46.0 Å². The molecule has 69 heavy (non-hydrogen) atoms. The maximum absolute atomic E-state index is 9.77. The van der Waals surface area contributed by atoms with E-state index in [1.165, 1.54) is 0 Å². The predicted octanol–water partition coefficient (Wildman–Crippen LogP) is 17.3. The summed E-state index contributed by atoms with van der Waals surface area (Å²) in [7, 11) is 0. The number of ether oxygens (including phenoxy) is 2. The Morgan fingerprint density at radius 2 is 1.26 bits per heavy atom. The monoisotopic (exact) mass is 900 g/mol. The first-order chi connectivity index (χ1) is 33.5. The van der Waals surface area contributed by atoms with Gasteiger partial charge in [0.15, 0.2) is 5.75 Å². The molecule has 3 aliphatic rings. The molecule has 0 atom stereocenters. The van der Waals surface area contributed by atoms with Crippen LogP contribution in [-0.4, -0.2) is 6.61 Å².